The fourth-order valence-corrected chi connectivity index (χ4v) is 3.07. The van der Waals surface area contributed by atoms with Gasteiger partial charge in [0, 0.05) is 13.0 Å². The van der Waals surface area contributed by atoms with Gasteiger partial charge in [-0.15, -0.1) is 0 Å². The number of carbonyl (C=O) groups excluding carboxylic acids is 4. The molecule has 0 aromatic heterocycles. The summed E-state index contributed by atoms with van der Waals surface area (Å²) < 4.78 is 0. The number of amides is 4. The van der Waals surface area contributed by atoms with Crippen LogP contribution in [-0.4, -0.2) is 82.6 Å². The van der Waals surface area contributed by atoms with Crippen LogP contribution in [0.25, 0.3) is 0 Å². The van der Waals surface area contributed by atoms with Crippen LogP contribution >= 0.6 is 0 Å². The van der Waals surface area contributed by atoms with E-state index >= 15 is 0 Å². The first-order valence-electron chi connectivity index (χ1n) is 11.6. The molecule has 13 N–H and O–H groups in total. The van der Waals surface area contributed by atoms with Gasteiger partial charge in [-0.1, -0.05) is 20.3 Å². The van der Waals surface area contributed by atoms with E-state index in [-0.39, 0.29) is 38.2 Å². The predicted molar refractivity (Wildman–Crippen MR) is 131 cm³/mol. The normalized spacial score (nSPS) is 15.8. The molecule has 15 heteroatoms. The smallest absolute Gasteiger partial charge is 0.328 e. The van der Waals surface area contributed by atoms with Crippen LogP contribution in [0.2, 0.25) is 0 Å². The SMILES string of the molecule is CCC(C)C(NC(=O)C(CCCN=C(N)N)NC(=O)C(N)CCC(N)=O)C(=O)NC(C(=O)O)C(C)O. The Morgan fingerprint density at radius 3 is 1.94 bits per heavy atom. The van der Waals surface area contributed by atoms with Crippen LogP contribution in [-0.2, 0) is 24.0 Å². The molecule has 0 heterocycles. The van der Waals surface area contributed by atoms with Gasteiger partial charge in [0.25, 0.3) is 0 Å². The highest BCUT2D eigenvalue weighted by atomic mass is 16.4. The number of aliphatic hydroxyl groups excluding tert-OH is 1. The van der Waals surface area contributed by atoms with Gasteiger partial charge in [-0.3, -0.25) is 24.2 Å². The second-order valence-corrected chi connectivity index (χ2v) is 8.56. The standard InChI is InChI=1S/C21H40N8O7/c1-4-10(2)15(19(34)29-16(11(3)30)20(35)36)28-18(33)13(6-5-9-26-21(24)25)27-17(32)12(22)7-8-14(23)31/h10-13,15-16,30H,4-9,22H2,1-3H3,(H2,23,31)(H,27,32)(H,28,33)(H,29,34)(H,35,36)(H4,24,25,26). The third-order valence-electron chi connectivity index (χ3n) is 5.46. The van der Waals surface area contributed by atoms with Gasteiger partial charge in [-0.25, -0.2) is 4.79 Å². The second-order valence-electron chi connectivity index (χ2n) is 8.56. The first-order valence-corrected chi connectivity index (χ1v) is 11.6. The van der Waals surface area contributed by atoms with E-state index in [1.54, 1.807) is 13.8 Å². The summed E-state index contributed by atoms with van der Waals surface area (Å²) in [6, 6.07) is -5.00. The molecule has 0 aromatic carbocycles. The van der Waals surface area contributed by atoms with Crippen LogP contribution in [0.4, 0.5) is 0 Å². The summed E-state index contributed by atoms with van der Waals surface area (Å²) in [5, 5.41) is 26.2. The van der Waals surface area contributed by atoms with Crippen LogP contribution < -0.4 is 38.9 Å². The number of aliphatic imine (C=N–C) groups is 1. The third-order valence-corrected chi connectivity index (χ3v) is 5.46. The first-order chi connectivity index (χ1) is 16.7. The zero-order valence-electron chi connectivity index (χ0n) is 20.9. The highest BCUT2D eigenvalue weighted by Gasteiger charge is 2.33. The summed E-state index contributed by atoms with van der Waals surface area (Å²) in [5.74, 6) is -4.88. The van der Waals surface area contributed by atoms with Gasteiger partial charge < -0.3 is 49.1 Å². The zero-order chi connectivity index (χ0) is 28.0. The van der Waals surface area contributed by atoms with Crippen molar-refractivity contribution in [1.29, 1.82) is 0 Å². The number of aliphatic hydroxyl groups is 1. The minimum absolute atomic E-state index is 0.0304. The van der Waals surface area contributed by atoms with E-state index in [4.69, 9.17) is 22.9 Å². The number of carboxylic acid groups (broad SMARTS) is 1. The minimum Gasteiger partial charge on any atom is -0.480 e. The van der Waals surface area contributed by atoms with Gasteiger partial charge in [0.05, 0.1) is 12.1 Å². The number of nitrogens with two attached hydrogens (primary N) is 4. The molecule has 206 valence electrons. The highest BCUT2D eigenvalue weighted by molar-refractivity contribution is 5.94. The Kier molecular flexibility index (Phi) is 14.7. The first kappa shape index (κ1) is 32.5. The largest absolute Gasteiger partial charge is 0.480 e. The lowest BCUT2D eigenvalue weighted by atomic mass is 9.96. The molecule has 0 rings (SSSR count). The molecular weight excluding hydrogens is 476 g/mol. The Labute approximate surface area is 209 Å². The number of nitrogens with one attached hydrogen (secondary N) is 3. The van der Waals surface area contributed by atoms with E-state index in [2.05, 4.69) is 20.9 Å². The summed E-state index contributed by atoms with van der Waals surface area (Å²) >= 11 is 0. The molecular formula is C21H40N8O7. The molecule has 0 aliphatic rings. The zero-order valence-corrected chi connectivity index (χ0v) is 20.9. The summed E-state index contributed by atoms with van der Waals surface area (Å²) in [6.45, 7) is 4.82. The fraction of sp³-hybridized carbons (Fsp3) is 0.714. The topological polar surface area (TPSA) is 278 Å². The van der Waals surface area contributed by atoms with Gasteiger partial charge in [0.1, 0.15) is 12.1 Å². The molecule has 6 unspecified atom stereocenters. The molecule has 0 aromatic rings. The van der Waals surface area contributed by atoms with E-state index in [0.29, 0.717) is 6.42 Å². The summed E-state index contributed by atoms with van der Waals surface area (Å²) in [7, 11) is 0. The maximum atomic E-state index is 13.1. The van der Waals surface area contributed by atoms with Crippen LogP contribution in [0.15, 0.2) is 4.99 Å². The van der Waals surface area contributed by atoms with Crippen molar-refractivity contribution < 1.29 is 34.2 Å². The van der Waals surface area contributed by atoms with Crippen LogP contribution in [0.1, 0.15) is 52.9 Å². The monoisotopic (exact) mass is 516 g/mol. The number of hydrogen-bond acceptors (Lipinski definition) is 8. The van der Waals surface area contributed by atoms with Crippen LogP contribution in [0.5, 0.6) is 0 Å². The fourth-order valence-electron chi connectivity index (χ4n) is 3.07. The van der Waals surface area contributed by atoms with Crippen LogP contribution in [0.3, 0.4) is 0 Å². The number of nitrogens with zero attached hydrogens (tertiary/aromatic N) is 1. The molecule has 0 saturated heterocycles. The molecule has 4 amide bonds. The van der Waals surface area contributed by atoms with E-state index < -0.39 is 65.8 Å². The molecule has 0 fully saturated rings. The van der Waals surface area contributed by atoms with E-state index in [9.17, 15) is 34.2 Å². The summed E-state index contributed by atoms with van der Waals surface area (Å²) in [4.78, 5) is 64.6. The van der Waals surface area contributed by atoms with Gasteiger partial charge >= 0.3 is 5.97 Å². The number of guanidine groups is 1. The molecule has 6 atom stereocenters. The molecule has 15 nitrogen and oxygen atoms in total. The molecule has 36 heavy (non-hydrogen) atoms. The van der Waals surface area contributed by atoms with E-state index in [0.717, 1.165) is 0 Å². The number of rotatable bonds is 17. The number of carbonyl (C=O) groups is 5. The van der Waals surface area contributed by atoms with Gasteiger partial charge in [-0.05, 0) is 32.1 Å². The summed E-state index contributed by atoms with van der Waals surface area (Å²) in [5.41, 5.74) is 21.5. The Bertz CT molecular complexity index is 801. The van der Waals surface area contributed by atoms with Crippen molar-refractivity contribution in [1.82, 2.24) is 16.0 Å². The number of primary amides is 1. The van der Waals surface area contributed by atoms with Crippen molar-refractivity contribution in [2.45, 2.75) is 83.1 Å². The van der Waals surface area contributed by atoms with Gasteiger partial charge in [0.2, 0.25) is 23.6 Å². The molecule has 0 aliphatic carbocycles. The van der Waals surface area contributed by atoms with E-state index in [1.165, 1.54) is 6.92 Å². The van der Waals surface area contributed by atoms with Gasteiger partial charge in [-0.2, -0.15) is 0 Å². The Morgan fingerprint density at radius 2 is 1.47 bits per heavy atom. The Morgan fingerprint density at radius 1 is 0.889 bits per heavy atom. The molecule has 0 radical (unpaired) electrons. The van der Waals surface area contributed by atoms with Crippen molar-refractivity contribution in [3.8, 4) is 0 Å². The number of aliphatic carboxylic acids is 1. The second kappa shape index (κ2) is 16.3. The van der Waals surface area contributed by atoms with Gasteiger partial charge in [0.15, 0.2) is 12.0 Å². The van der Waals surface area contributed by atoms with Crippen molar-refractivity contribution >= 4 is 35.6 Å². The van der Waals surface area contributed by atoms with Crippen molar-refractivity contribution in [2.75, 3.05) is 6.54 Å². The maximum absolute atomic E-state index is 13.1. The lowest BCUT2D eigenvalue weighted by Crippen LogP contribution is -2.59. The lowest BCUT2D eigenvalue weighted by molar-refractivity contribution is -0.145. The Balaban J connectivity index is 5.65. The van der Waals surface area contributed by atoms with Crippen molar-refractivity contribution in [3.05, 3.63) is 0 Å². The quantitative estimate of drug-likeness (QED) is 0.0524. The maximum Gasteiger partial charge on any atom is 0.328 e. The summed E-state index contributed by atoms with van der Waals surface area (Å²) in [6.07, 6.45) is -0.723. The molecule has 0 aliphatic heterocycles. The predicted octanol–water partition coefficient (Wildman–Crippen LogP) is -3.40. The van der Waals surface area contributed by atoms with Crippen molar-refractivity contribution in [3.63, 3.8) is 0 Å². The molecule has 0 saturated carbocycles. The average Bonchev–Trinajstić information content (AvgIpc) is 2.79. The molecule has 0 bridgehead atoms. The Hall–Kier alpha value is -3.46. The highest BCUT2D eigenvalue weighted by Crippen LogP contribution is 2.11. The van der Waals surface area contributed by atoms with Crippen molar-refractivity contribution in [2.24, 2.45) is 33.8 Å². The third kappa shape index (κ3) is 12.3. The van der Waals surface area contributed by atoms with Crippen LogP contribution in [0, 0.1) is 5.92 Å². The number of hydrogen-bond donors (Lipinski definition) is 9. The average molecular weight is 517 g/mol. The number of carboxylic acids is 1. The minimum atomic E-state index is -1.58. The molecule has 0 spiro atoms. The van der Waals surface area contributed by atoms with E-state index in [1.807, 2.05) is 0 Å². The lowest BCUT2D eigenvalue weighted by Gasteiger charge is -2.28.